The Kier molecular flexibility index (Phi) is 3.64. The quantitative estimate of drug-likeness (QED) is 0.943. The van der Waals surface area contributed by atoms with Crippen molar-refractivity contribution in [3.8, 4) is 0 Å². The number of benzene rings is 1. The molecule has 0 bridgehead atoms. The summed E-state index contributed by atoms with van der Waals surface area (Å²) in [4.78, 5) is 4.41. The second-order valence-corrected chi connectivity index (χ2v) is 4.89. The fourth-order valence-corrected chi connectivity index (χ4v) is 2.47. The average molecular weight is 294 g/mol. The van der Waals surface area contributed by atoms with Crippen LogP contribution in [0.2, 0.25) is 0 Å². The van der Waals surface area contributed by atoms with E-state index in [4.69, 9.17) is 0 Å². The number of hydrogen-bond acceptors (Lipinski definition) is 2. The van der Waals surface area contributed by atoms with Gasteiger partial charge in [0.2, 0.25) is 0 Å². The summed E-state index contributed by atoms with van der Waals surface area (Å²) in [6, 6.07) is 6.39. The maximum absolute atomic E-state index is 4.41. The standard InChI is InChI=1S/C13H16BrN3/c1-9-5-4-6-10(11(9)14)12(15-2)13-16-7-8-17(13)3/h4-8,12,15H,1-3H3. The molecule has 2 aromatic rings. The first-order valence-electron chi connectivity index (χ1n) is 5.54. The van der Waals surface area contributed by atoms with Crippen LogP contribution in [0.5, 0.6) is 0 Å². The molecule has 4 heteroatoms. The minimum absolute atomic E-state index is 0.101. The zero-order valence-corrected chi connectivity index (χ0v) is 11.8. The van der Waals surface area contributed by atoms with Gasteiger partial charge in [-0.15, -0.1) is 0 Å². The van der Waals surface area contributed by atoms with Crippen LogP contribution in [0.25, 0.3) is 0 Å². The maximum atomic E-state index is 4.41. The Bertz CT molecular complexity index is 519. The largest absolute Gasteiger partial charge is 0.336 e. The van der Waals surface area contributed by atoms with Gasteiger partial charge in [-0.25, -0.2) is 4.98 Å². The topological polar surface area (TPSA) is 29.9 Å². The Morgan fingerprint density at radius 3 is 2.76 bits per heavy atom. The van der Waals surface area contributed by atoms with Gasteiger partial charge in [0, 0.05) is 23.9 Å². The molecule has 1 heterocycles. The Labute approximate surface area is 110 Å². The molecule has 0 fully saturated rings. The Balaban J connectivity index is 2.50. The van der Waals surface area contributed by atoms with E-state index in [1.54, 1.807) is 0 Å². The van der Waals surface area contributed by atoms with Gasteiger partial charge in [0.15, 0.2) is 0 Å². The summed E-state index contributed by atoms with van der Waals surface area (Å²) in [5, 5.41) is 3.32. The molecule has 1 atom stereocenters. The maximum Gasteiger partial charge on any atom is 0.130 e. The van der Waals surface area contributed by atoms with Crippen LogP contribution in [-0.2, 0) is 7.05 Å². The molecule has 0 saturated carbocycles. The van der Waals surface area contributed by atoms with Crippen molar-refractivity contribution in [2.24, 2.45) is 7.05 Å². The molecule has 3 nitrogen and oxygen atoms in total. The molecular formula is C13H16BrN3. The van der Waals surface area contributed by atoms with Gasteiger partial charge < -0.3 is 9.88 Å². The zero-order chi connectivity index (χ0) is 12.4. The molecule has 0 aliphatic heterocycles. The van der Waals surface area contributed by atoms with Gasteiger partial charge in [0.1, 0.15) is 5.82 Å². The number of rotatable bonds is 3. The lowest BCUT2D eigenvalue weighted by molar-refractivity contribution is 0.615. The van der Waals surface area contributed by atoms with E-state index in [0.717, 1.165) is 10.3 Å². The molecule has 17 heavy (non-hydrogen) atoms. The van der Waals surface area contributed by atoms with Crippen molar-refractivity contribution in [1.29, 1.82) is 0 Å². The Hall–Kier alpha value is -1.13. The van der Waals surface area contributed by atoms with Crippen LogP contribution < -0.4 is 5.32 Å². The van der Waals surface area contributed by atoms with Gasteiger partial charge in [-0.05, 0) is 25.1 Å². The third-order valence-electron chi connectivity index (χ3n) is 2.94. The van der Waals surface area contributed by atoms with E-state index >= 15 is 0 Å². The summed E-state index contributed by atoms with van der Waals surface area (Å²) in [7, 11) is 3.96. The first-order valence-corrected chi connectivity index (χ1v) is 6.34. The summed E-state index contributed by atoms with van der Waals surface area (Å²) in [6.07, 6.45) is 3.78. The summed E-state index contributed by atoms with van der Waals surface area (Å²) in [6.45, 7) is 2.10. The van der Waals surface area contributed by atoms with Crippen molar-refractivity contribution in [2.75, 3.05) is 7.05 Å². The highest BCUT2D eigenvalue weighted by Crippen LogP contribution is 2.29. The Morgan fingerprint density at radius 1 is 1.41 bits per heavy atom. The van der Waals surface area contributed by atoms with E-state index in [2.05, 4.69) is 51.4 Å². The van der Waals surface area contributed by atoms with Crippen molar-refractivity contribution >= 4 is 15.9 Å². The minimum atomic E-state index is 0.101. The molecule has 0 aliphatic carbocycles. The molecule has 0 spiro atoms. The van der Waals surface area contributed by atoms with Crippen molar-refractivity contribution in [2.45, 2.75) is 13.0 Å². The van der Waals surface area contributed by atoms with E-state index < -0.39 is 0 Å². The normalized spacial score (nSPS) is 12.7. The summed E-state index contributed by atoms with van der Waals surface area (Å²) < 4.78 is 3.18. The average Bonchev–Trinajstić information content (AvgIpc) is 2.72. The fourth-order valence-electron chi connectivity index (χ4n) is 1.97. The molecule has 2 rings (SSSR count). The van der Waals surface area contributed by atoms with Crippen LogP contribution >= 0.6 is 15.9 Å². The van der Waals surface area contributed by atoms with Crippen LogP contribution in [-0.4, -0.2) is 16.6 Å². The SMILES string of the molecule is CNC(c1cccc(C)c1Br)c1nccn1C. The number of hydrogen-bond donors (Lipinski definition) is 1. The van der Waals surface area contributed by atoms with Gasteiger partial charge in [-0.2, -0.15) is 0 Å². The third-order valence-corrected chi connectivity index (χ3v) is 4.02. The van der Waals surface area contributed by atoms with E-state index in [-0.39, 0.29) is 6.04 Å². The number of halogens is 1. The Morgan fingerprint density at radius 2 is 2.18 bits per heavy atom. The first-order chi connectivity index (χ1) is 8.15. The number of aryl methyl sites for hydroxylation is 2. The van der Waals surface area contributed by atoms with E-state index in [9.17, 15) is 0 Å². The summed E-state index contributed by atoms with van der Waals surface area (Å²) in [5.41, 5.74) is 2.44. The molecular weight excluding hydrogens is 278 g/mol. The smallest absolute Gasteiger partial charge is 0.130 e. The molecule has 1 N–H and O–H groups in total. The van der Waals surface area contributed by atoms with E-state index in [1.165, 1.54) is 11.1 Å². The van der Waals surface area contributed by atoms with Gasteiger partial charge in [0.05, 0.1) is 6.04 Å². The first kappa shape index (κ1) is 12.3. The lowest BCUT2D eigenvalue weighted by Crippen LogP contribution is -2.21. The van der Waals surface area contributed by atoms with Crippen molar-refractivity contribution in [1.82, 2.24) is 14.9 Å². The zero-order valence-electron chi connectivity index (χ0n) is 10.2. The highest BCUT2D eigenvalue weighted by Gasteiger charge is 2.19. The second kappa shape index (κ2) is 5.02. The van der Waals surface area contributed by atoms with Crippen LogP contribution in [0.3, 0.4) is 0 Å². The number of nitrogens with zero attached hydrogens (tertiary/aromatic N) is 2. The van der Waals surface area contributed by atoms with Gasteiger partial charge in [0.25, 0.3) is 0 Å². The van der Waals surface area contributed by atoms with Crippen molar-refractivity contribution in [3.63, 3.8) is 0 Å². The number of imidazole rings is 1. The van der Waals surface area contributed by atoms with E-state index in [0.29, 0.717) is 0 Å². The van der Waals surface area contributed by atoms with Gasteiger partial charge >= 0.3 is 0 Å². The molecule has 0 aliphatic rings. The monoisotopic (exact) mass is 293 g/mol. The fraction of sp³-hybridized carbons (Fsp3) is 0.308. The molecule has 1 aromatic heterocycles. The summed E-state index contributed by atoms with van der Waals surface area (Å²) in [5.74, 6) is 1.01. The molecule has 1 aromatic carbocycles. The van der Waals surface area contributed by atoms with Crippen LogP contribution in [0, 0.1) is 6.92 Å². The lowest BCUT2D eigenvalue weighted by atomic mass is 10.0. The summed E-state index contributed by atoms with van der Waals surface area (Å²) >= 11 is 3.65. The molecule has 90 valence electrons. The van der Waals surface area contributed by atoms with Crippen molar-refractivity contribution < 1.29 is 0 Å². The van der Waals surface area contributed by atoms with Crippen LogP contribution in [0.4, 0.5) is 0 Å². The highest BCUT2D eigenvalue weighted by atomic mass is 79.9. The molecule has 1 unspecified atom stereocenters. The van der Waals surface area contributed by atoms with Gasteiger partial charge in [-0.1, -0.05) is 34.1 Å². The third kappa shape index (κ3) is 2.28. The number of nitrogens with one attached hydrogen (secondary N) is 1. The second-order valence-electron chi connectivity index (χ2n) is 4.10. The lowest BCUT2D eigenvalue weighted by Gasteiger charge is -2.18. The van der Waals surface area contributed by atoms with Crippen LogP contribution in [0.15, 0.2) is 35.1 Å². The van der Waals surface area contributed by atoms with Crippen LogP contribution in [0.1, 0.15) is 23.0 Å². The predicted octanol–water partition coefficient (Wildman–Crippen LogP) is 2.80. The molecule has 0 saturated heterocycles. The number of aromatic nitrogens is 2. The highest BCUT2D eigenvalue weighted by molar-refractivity contribution is 9.10. The predicted molar refractivity (Wildman–Crippen MR) is 73.0 cm³/mol. The molecule has 0 amide bonds. The van der Waals surface area contributed by atoms with Gasteiger partial charge in [-0.3, -0.25) is 0 Å². The van der Waals surface area contributed by atoms with E-state index in [1.807, 2.05) is 31.1 Å². The minimum Gasteiger partial charge on any atom is -0.336 e. The van der Waals surface area contributed by atoms with Crippen molar-refractivity contribution in [3.05, 3.63) is 52.0 Å². The molecule has 0 radical (unpaired) electrons.